The van der Waals surface area contributed by atoms with E-state index in [1.165, 1.54) is 62.3 Å². The van der Waals surface area contributed by atoms with Crippen LogP contribution in [0.2, 0.25) is 0 Å². The molecule has 202 valence electrons. The van der Waals surface area contributed by atoms with Gasteiger partial charge in [-0.2, -0.15) is 0 Å². The van der Waals surface area contributed by atoms with Crippen molar-refractivity contribution in [1.82, 2.24) is 19.7 Å². The van der Waals surface area contributed by atoms with Crippen LogP contribution in [0.3, 0.4) is 0 Å². The van der Waals surface area contributed by atoms with Crippen LogP contribution >= 0.6 is 11.8 Å². The van der Waals surface area contributed by atoms with Crippen LogP contribution in [0.5, 0.6) is 0 Å². The van der Waals surface area contributed by atoms with Crippen LogP contribution in [0.1, 0.15) is 69.4 Å². The Kier molecular flexibility index (Phi) is 11.4. The van der Waals surface area contributed by atoms with Crippen molar-refractivity contribution in [3.63, 3.8) is 0 Å². The number of rotatable bonds is 16. The van der Waals surface area contributed by atoms with Gasteiger partial charge in [0.05, 0.1) is 6.26 Å². The molecule has 8 nitrogen and oxygen atoms in total. The molecule has 1 aromatic carbocycles. The summed E-state index contributed by atoms with van der Waals surface area (Å²) >= 11 is 1.84. The smallest absolute Gasteiger partial charge is 0.229 e. The van der Waals surface area contributed by atoms with Gasteiger partial charge < -0.3 is 4.90 Å². The van der Waals surface area contributed by atoms with E-state index < -0.39 is 10.0 Å². The highest BCUT2D eigenvalue weighted by molar-refractivity contribution is 7.99. The molecule has 0 unspecified atom stereocenters. The molecule has 2 heterocycles. The number of thioether (sulfide) groups is 1. The summed E-state index contributed by atoms with van der Waals surface area (Å²) in [6.07, 6.45) is 12.1. The van der Waals surface area contributed by atoms with E-state index in [0.717, 1.165) is 55.9 Å². The van der Waals surface area contributed by atoms with E-state index in [4.69, 9.17) is 0 Å². The lowest BCUT2D eigenvalue weighted by atomic mass is 9.99. The Morgan fingerprint density at radius 3 is 2.47 bits per heavy atom. The van der Waals surface area contributed by atoms with Crippen molar-refractivity contribution in [2.45, 2.75) is 83.0 Å². The second-order valence-electron chi connectivity index (χ2n) is 10.0. The third-order valence-electron chi connectivity index (χ3n) is 6.53. The van der Waals surface area contributed by atoms with Gasteiger partial charge in [0, 0.05) is 45.2 Å². The zero-order chi connectivity index (χ0) is 26.0. The van der Waals surface area contributed by atoms with Crippen LogP contribution in [0.4, 0.5) is 11.6 Å². The van der Waals surface area contributed by atoms with Gasteiger partial charge in [-0.15, -0.1) is 10.2 Å². The molecule has 0 bridgehead atoms. The lowest BCUT2D eigenvalue weighted by Crippen LogP contribution is -2.31. The van der Waals surface area contributed by atoms with Crippen molar-refractivity contribution in [3.8, 4) is 0 Å². The number of nitrogens with zero attached hydrogens (tertiary/aromatic N) is 5. The largest absolute Gasteiger partial charge is 0.347 e. The summed E-state index contributed by atoms with van der Waals surface area (Å²) in [5.74, 6) is 2.05. The third kappa shape index (κ3) is 9.27. The van der Waals surface area contributed by atoms with Gasteiger partial charge in [-0.3, -0.25) is 14.2 Å². The number of anilines is 2. The first-order chi connectivity index (χ1) is 17.3. The summed E-state index contributed by atoms with van der Waals surface area (Å²) in [6.45, 7) is 6.31. The first-order valence-corrected chi connectivity index (χ1v) is 16.2. The van der Waals surface area contributed by atoms with Gasteiger partial charge in [-0.25, -0.2) is 8.42 Å². The molecule has 36 heavy (non-hydrogen) atoms. The standard InChI is InChI=1S/C26H44N6O2S2/c1-5-6-17-32-25(30(2)3)27-28-26(32)35-19-12-10-8-7-9-11-16-31-18-15-22-13-14-24(20-23(22)21-31)29-36(4,33)34/h13-14,20,29H,5-12,15-19,21H2,1-4H3. The minimum atomic E-state index is -3.24. The molecule has 0 spiro atoms. The SMILES string of the molecule is CCCCn1c(SCCCCCCCCN2CCc3ccc(NS(C)(=O)=O)cc3C2)nnc1N(C)C. The predicted octanol–water partition coefficient (Wildman–Crippen LogP) is 5.01. The molecule has 0 radical (unpaired) electrons. The molecule has 0 saturated heterocycles. The number of hydrogen-bond acceptors (Lipinski definition) is 7. The van der Waals surface area contributed by atoms with Crippen molar-refractivity contribution in [2.75, 3.05) is 48.8 Å². The molecule has 0 atom stereocenters. The highest BCUT2D eigenvalue weighted by atomic mass is 32.2. The topological polar surface area (TPSA) is 83.4 Å². The molecule has 3 rings (SSSR count). The zero-order valence-electron chi connectivity index (χ0n) is 22.5. The molecule has 0 amide bonds. The monoisotopic (exact) mass is 536 g/mol. The third-order valence-corrected chi connectivity index (χ3v) is 8.19. The average Bonchev–Trinajstić information content (AvgIpc) is 3.23. The number of sulfonamides is 1. The lowest BCUT2D eigenvalue weighted by molar-refractivity contribution is 0.248. The molecule has 1 aliphatic rings. The van der Waals surface area contributed by atoms with Crippen molar-refractivity contribution in [3.05, 3.63) is 29.3 Å². The predicted molar refractivity (Wildman–Crippen MR) is 152 cm³/mol. The van der Waals surface area contributed by atoms with Gasteiger partial charge >= 0.3 is 0 Å². The molecule has 0 saturated carbocycles. The van der Waals surface area contributed by atoms with E-state index in [1.54, 1.807) is 0 Å². The fourth-order valence-corrected chi connectivity index (χ4v) is 6.14. The summed E-state index contributed by atoms with van der Waals surface area (Å²) in [5.41, 5.74) is 3.25. The van der Waals surface area contributed by atoms with Gasteiger partial charge in [-0.05, 0) is 55.5 Å². The first-order valence-electron chi connectivity index (χ1n) is 13.3. The Morgan fingerprint density at radius 2 is 1.75 bits per heavy atom. The van der Waals surface area contributed by atoms with Crippen molar-refractivity contribution < 1.29 is 8.42 Å². The number of unbranched alkanes of at least 4 members (excludes halogenated alkanes) is 6. The Bertz CT molecular complexity index is 1050. The van der Waals surface area contributed by atoms with Gasteiger partial charge in [0.25, 0.3) is 0 Å². The second kappa shape index (κ2) is 14.2. The van der Waals surface area contributed by atoms with Gasteiger partial charge in [0.2, 0.25) is 16.0 Å². The van der Waals surface area contributed by atoms with Gasteiger partial charge in [0.1, 0.15) is 0 Å². The van der Waals surface area contributed by atoms with Gasteiger partial charge in [0.15, 0.2) is 5.16 Å². The molecule has 1 aromatic heterocycles. The Morgan fingerprint density at radius 1 is 1.00 bits per heavy atom. The minimum absolute atomic E-state index is 0.663. The van der Waals surface area contributed by atoms with Crippen molar-refractivity contribution >= 4 is 33.4 Å². The van der Waals surface area contributed by atoms with Crippen LogP contribution in [-0.4, -0.2) is 67.3 Å². The summed E-state index contributed by atoms with van der Waals surface area (Å²) in [5, 5.41) is 9.85. The lowest BCUT2D eigenvalue weighted by Gasteiger charge is -2.29. The molecular formula is C26H44N6O2S2. The number of aromatic nitrogens is 3. The first kappa shape index (κ1) is 28.8. The normalized spacial score (nSPS) is 14.1. The maximum absolute atomic E-state index is 11.5. The van der Waals surface area contributed by atoms with Crippen LogP contribution < -0.4 is 9.62 Å². The van der Waals surface area contributed by atoms with Crippen LogP contribution in [0.15, 0.2) is 23.4 Å². The molecule has 10 heteroatoms. The maximum atomic E-state index is 11.5. The quantitative estimate of drug-likeness (QED) is 0.239. The molecular weight excluding hydrogens is 492 g/mol. The Hall–Kier alpha value is -1.78. The van der Waals surface area contributed by atoms with Crippen molar-refractivity contribution in [2.24, 2.45) is 0 Å². The van der Waals surface area contributed by atoms with Crippen LogP contribution in [0.25, 0.3) is 0 Å². The fraction of sp³-hybridized carbons (Fsp3) is 0.692. The summed E-state index contributed by atoms with van der Waals surface area (Å²) < 4.78 is 27.9. The maximum Gasteiger partial charge on any atom is 0.229 e. The zero-order valence-corrected chi connectivity index (χ0v) is 24.1. The van der Waals surface area contributed by atoms with E-state index in [0.29, 0.717) is 5.69 Å². The van der Waals surface area contributed by atoms with Crippen molar-refractivity contribution in [1.29, 1.82) is 0 Å². The number of hydrogen-bond donors (Lipinski definition) is 1. The Labute approximate surface area is 222 Å². The van der Waals surface area contributed by atoms with Crippen LogP contribution in [-0.2, 0) is 29.5 Å². The summed E-state index contributed by atoms with van der Waals surface area (Å²) in [7, 11) is 0.814. The Balaban J connectivity index is 1.28. The van der Waals surface area contributed by atoms with E-state index >= 15 is 0 Å². The summed E-state index contributed by atoms with van der Waals surface area (Å²) in [4.78, 5) is 4.54. The van der Waals surface area contributed by atoms with E-state index in [1.807, 2.05) is 42.9 Å². The minimum Gasteiger partial charge on any atom is -0.347 e. The number of fused-ring (bicyclic) bond motifs is 1. The van der Waals surface area contributed by atoms with E-state index in [2.05, 4.69) is 37.4 Å². The molecule has 1 N–H and O–H groups in total. The highest BCUT2D eigenvalue weighted by Gasteiger charge is 2.17. The van der Waals surface area contributed by atoms with E-state index in [-0.39, 0.29) is 0 Å². The number of benzene rings is 1. The van der Waals surface area contributed by atoms with Gasteiger partial charge in [-0.1, -0.05) is 56.9 Å². The average molecular weight is 537 g/mol. The van der Waals surface area contributed by atoms with E-state index in [9.17, 15) is 8.42 Å². The summed E-state index contributed by atoms with van der Waals surface area (Å²) in [6, 6.07) is 5.93. The number of nitrogens with one attached hydrogen (secondary N) is 1. The second-order valence-corrected chi connectivity index (χ2v) is 12.8. The molecule has 0 aliphatic carbocycles. The molecule has 0 fully saturated rings. The molecule has 1 aliphatic heterocycles. The fourth-order valence-electron chi connectivity index (χ4n) is 4.62. The van der Waals surface area contributed by atoms with Crippen LogP contribution in [0, 0.1) is 0 Å². The highest BCUT2D eigenvalue weighted by Crippen LogP contribution is 2.25. The molecule has 2 aromatic rings.